The highest BCUT2D eigenvalue weighted by Gasteiger charge is 2.23. The van der Waals surface area contributed by atoms with Crippen molar-refractivity contribution in [3.8, 4) is 11.8 Å². The zero-order valence-corrected chi connectivity index (χ0v) is 17.4. The first-order valence-corrected chi connectivity index (χ1v) is 10.1. The molecule has 0 radical (unpaired) electrons. The van der Waals surface area contributed by atoms with Crippen LogP contribution in [0, 0.1) is 11.3 Å². The smallest absolute Gasteiger partial charge is 0.261 e. The molecule has 3 rings (SSSR count). The predicted molar refractivity (Wildman–Crippen MR) is 115 cm³/mol. The molecule has 0 saturated carbocycles. The lowest BCUT2D eigenvalue weighted by atomic mass is 10.2. The van der Waals surface area contributed by atoms with Gasteiger partial charge in [0, 0.05) is 36.9 Å². The Morgan fingerprint density at radius 2 is 1.87 bits per heavy atom. The van der Waals surface area contributed by atoms with Crippen molar-refractivity contribution in [1.82, 2.24) is 10.2 Å². The van der Waals surface area contributed by atoms with Crippen LogP contribution in [0.3, 0.4) is 0 Å². The van der Waals surface area contributed by atoms with Gasteiger partial charge in [-0.2, -0.15) is 5.26 Å². The molecular formula is C22H23ClN4O3. The molecule has 2 aromatic carbocycles. The van der Waals surface area contributed by atoms with Crippen molar-refractivity contribution in [3.63, 3.8) is 0 Å². The van der Waals surface area contributed by atoms with E-state index in [1.165, 1.54) is 0 Å². The first kappa shape index (κ1) is 21.5. The Hall–Kier alpha value is -3.24. The summed E-state index contributed by atoms with van der Waals surface area (Å²) in [5.74, 6) is -0.0790. The van der Waals surface area contributed by atoms with Crippen LogP contribution in [0.4, 0.5) is 5.69 Å². The molecule has 1 atom stereocenters. The monoisotopic (exact) mass is 426 g/mol. The maximum atomic E-state index is 12.5. The number of anilines is 1. The Bertz CT molecular complexity index is 934. The lowest BCUT2D eigenvalue weighted by Gasteiger charge is -2.36. The molecule has 7 nitrogen and oxygen atoms in total. The zero-order chi connectivity index (χ0) is 21.5. The van der Waals surface area contributed by atoms with Gasteiger partial charge in [-0.3, -0.25) is 9.59 Å². The second-order valence-corrected chi connectivity index (χ2v) is 7.40. The molecule has 0 spiro atoms. The van der Waals surface area contributed by atoms with Gasteiger partial charge in [-0.15, -0.1) is 0 Å². The van der Waals surface area contributed by atoms with Gasteiger partial charge in [0.1, 0.15) is 5.75 Å². The number of piperazine rings is 1. The number of benzene rings is 2. The number of hydrogen-bond acceptors (Lipinski definition) is 5. The van der Waals surface area contributed by atoms with E-state index in [9.17, 15) is 9.59 Å². The maximum Gasteiger partial charge on any atom is 0.261 e. The molecular weight excluding hydrogens is 404 g/mol. The van der Waals surface area contributed by atoms with E-state index in [1.54, 1.807) is 36.1 Å². The number of nitriles is 1. The third-order valence-electron chi connectivity index (χ3n) is 4.88. The number of carbonyl (C=O) groups excluding carboxylic acids is 2. The molecule has 30 heavy (non-hydrogen) atoms. The third-order valence-corrected chi connectivity index (χ3v) is 5.14. The van der Waals surface area contributed by atoms with Crippen molar-refractivity contribution in [2.24, 2.45) is 0 Å². The topological polar surface area (TPSA) is 85.7 Å². The van der Waals surface area contributed by atoms with E-state index in [0.717, 1.165) is 18.8 Å². The summed E-state index contributed by atoms with van der Waals surface area (Å²) in [4.78, 5) is 28.7. The maximum absolute atomic E-state index is 12.5. The highest BCUT2D eigenvalue weighted by Crippen LogP contribution is 2.19. The van der Waals surface area contributed by atoms with Crippen LogP contribution in [0.1, 0.15) is 12.5 Å². The van der Waals surface area contributed by atoms with Gasteiger partial charge < -0.3 is 19.9 Å². The molecule has 156 valence electrons. The number of ether oxygens (including phenoxy) is 1. The summed E-state index contributed by atoms with van der Waals surface area (Å²) in [6.07, 6.45) is -0.784. The third kappa shape index (κ3) is 5.65. The molecule has 1 fully saturated rings. The number of rotatable bonds is 6. The highest BCUT2D eigenvalue weighted by molar-refractivity contribution is 6.30. The molecule has 0 aliphatic carbocycles. The van der Waals surface area contributed by atoms with Gasteiger partial charge in [0.25, 0.3) is 5.91 Å². The van der Waals surface area contributed by atoms with Gasteiger partial charge >= 0.3 is 0 Å². The number of nitrogens with zero attached hydrogens (tertiary/aromatic N) is 3. The second kappa shape index (κ2) is 9.99. The van der Waals surface area contributed by atoms with Crippen molar-refractivity contribution < 1.29 is 14.3 Å². The van der Waals surface area contributed by atoms with E-state index in [0.29, 0.717) is 29.4 Å². The Morgan fingerprint density at radius 3 is 2.53 bits per heavy atom. The van der Waals surface area contributed by atoms with E-state index in [1.807, 2.05) is 30.3 Å². The average molecular weight is 427 g/mol. The number of amides is 2. The molecule has 1 N–H and O–H groups in total. The Kier molecular flexibility index (Phi) is 7.15. The van der Waals surface area contributed by atoms with Gasteiger partial charge in [0.15, 0.2) is 6.10 Å². The summed E-state index contributed by atoms with van der Waals surface area (Å²) in [7, 11) is 0. The van der Waals surface area contributed by atoms with Crippen LogP contribution in [0.15, 0.2) is 48.5 Å². The van der Waals surface area contributed by atoms with Crippen LogP contribution in [-0.4, -0.2) is 55.5 Å². The van der Waals surface area contributed by atoms with Gasteiger partial charge in [-0.05, 0) is 49.4 Å². The minimum atomic E-state index is -0.784. The van der Waals surface area contributed by atoms with Gasteiger partial charge in [-0.25, -0.2) is 0 Å². The van der Waals surface area contributed by atoms with Crippen molar-refractivity contribution in [2.45, 2.75) is 13.0 Å². The van der Waals surface area contributed by atoms with E-state index >= 15 is 0 Å². The first-order valence-electron chi connectivity index (χ1n) is 9.69. The quantitative estimate of drug-likeness (QED) is 0.766. The predicted octanol–water partition coefficient (Wildman–Crippen LogP) is 2.44. The fraction of sp³-hybridized carbons (Fsp3) is 0.318. The molecule has 1 unspecified atom stereocenters. The molecule has 2 amide bonds. The summed E-state index contributed by atoms with van der Waals surface area (Å²) in [5, 5.41) is 12.3. The van der Waals surface area contributed by atoms with E-state index in [4.69, 9.17) is 21.6 Å². The minimum absolute atomic E-state index is 0.0777. The lowest BCUT2D eigenvalue weighted by molar-refractivity contribution is -0.134. The van der Waals surface area contributed by atoms with Crippen molar-refractivity contribution in [2.75, 3.05) is 37.6 Å². The van der Waals surface area contributed by atoms with E-state index < -0.39 is 6.10 Å². The van der Waals surface area contributed by atoms with Crippen LogP contribution in [0.5, 0.6) is 5.75 Å². The fourth-order valence-electron chi connectivity index (χ4n) is 3.18. The van der Waals surface area contributed by atoms with Gasteiger partial charge in [0.2, 0.25) is 5.91 Å². The average Bonchev–Trinajstić information content (AvgIpc) is 2.78. The SMILES string of the molecule is CC(Oc1cccc(C#N)c1)C(=O)NCC(=O)N1CCN(c2ccc(Cl)cc2)CC1. The lowest BCUT2D eigenvalue weighted by Crippen LogP contribution is -2.52. The standard InChI is InChI=1S/C22H23ClN4O3/c1-16(30-20-4-2-3-17(13-20)14-24)22(29)25-15-21(28)27-11-9-26(10-12-27)19-7-5-18(23)6-8-19/h2-8,13,16H,9-12,15H2,1H3,(H,25,29). The second-order valence-electron chi connectivity index (χ2n) is 6.96. The molecule has 1 aliphatic rings. The van der Waals surface area contributed by atoms with Crippen LogP contribution in [-0.2, 0) is 9.59 Å². The Balaban J connectivity index is 1.43. The number of nitrogens with one attached hydrogen (secondary N) is 1. The molecule has 8 heteroatoms. The largest absolute Gasteiger partial charge is 0.481 e. The highest BCUT2D eigenvalue weighted by atomic mass is 35.5. The summed E-state index contributed by atoms with van der Waals surface area (Å²) in [6.45, 7) is 4.14. The van der Waals surface area contributed by atoms with Crippen molar-refractivity contribution in [1.29, 1.82) is 5.26 Å². The van der Waals surface area contributed by atoms with Gasteiger partial charge in [-0.1, -0.05) is 17.7 Å². The summed E-state index contributed by atoms with van der Waals surface area (Å²) >= 11 is 5.93. The first-order chi connectivity index (χ1) is 14.5. The molecule has 2 aromatic rings. The zero-order valence-electron chi connectivity index (χ0n) is 16.7. The van der Waals surface area contributed by atoms with Crippen molar-refractivity contribution >= 4 is 29.1 Å². The van der Waals surface area contributed by atoms with Crippen LogP contribution < -0.4 is 15.0 Å². The molecule has 1 saturated heterocycles. The molecule has 0 aromatic heterocycles. The minimum Gasteiger partial charge on any atom is -0.481 e. The van der Waals surface area contributed by atoms with E-state index in [2.05, 4.69) is 10.2 Å². The number of halogens is 1. The number of hydrogen-bond donors (Lipinski definition) is 1. The molecule has 1 aliphatic heterocycles. The summed E-state index contributed by atoms with van der Waals surface area (Å²) < 4.78 is 5.56. The van der Waals surface area contributed by atoms with Crippen LogP contribution in [0.25, 0.3) is 0 Å². The van der Waals surface area contributed by atoms with Crippen LogP contribution in [0.2, 0.25) is 5.02 Å². The van der Waals surface area contributed by atoms with Gasteiger partial charge in [0.05, 0.1) is 18.2 Å². The molecule has 1 heterocycles. The summed E-state index contributed by atoms with van der Waals surface area (Å²) in [6, 6.07) is 16.2. The van der Waals surface area contributed by atoms with Crippen LogP contribution >= 0.6 is 11.6 Å². The Morgan fingerprint density at radius 1 is 1.17 bits per heavy atom. The fourth-order valence-corrected chi connectivity index (χ4v) is 3.31. The normalized spacial score (nSPS) is 14.6. The van der Waals surface area contributed by atoms with Crippen molar-refractivity contribution in [3.05, 3.63) is 59.1 Å². The van der Waals surface area contributed by atoms with E-state index in [-0.39, 0.29) is 18.4 Å². The molecule has 0 bridgehead atoms. The Labute approximate surface area is 180 Å². The number of carbonyl (C=O) groups is 2. The summed E-state index contributed by atoms with van der Waals surface area (Å²) in [5.41, 5.74) is 1.53.